The van der Waals surface area contributed by atoms with Crippen LogP contribution in [0.25, 0.3) is 10.4 Å². The molecular weight excluding hydrogens is 226 g/mol. The number of benzene rings is 1. The fourth-order valence-corrected chi connectivity index (χ4v) is 1.98. The Kier molecular flexibility index (Phi) is 3.65. The predicted molar refractivity (Wildman–Crippen MR) is 70.1 cm³/mol. The first-order valence-electron chi connectivity index (χ1n) is 5.80. The topological polar surface area (TPSA) is 66.6 Å². The minimum absolute atomic E-state index is 0.364. The molecule has 1 aromatic heterocycles. The van der Waals surface area contributed by atoms with Crippen LogP contribution in [0.4, 0.5) is 0 Å². The molecule has 0 amide bonds. The maximum atomic E-state index is 8.38. The molecular formula is C13H15N5. The first-order valence-corrected chi connectivity index (χ1v) is 5.80. The van der Waals surface area contributed by atoms with Crippen molar-refractivity contribution in [3.63, 3.8) is 0 Å². The number of azide groups is 1. The van der Waals surface area contributed by atoms with Crippen molar-refractivity contribution < 1.29 is 0 Å². The van der Waals surface area contributed by atoms with Crippen molar-refractivity contribution in [2.45, 2.75) is 26.9 Å². The first-order chi connectivity index (χ1) is 8.72. The van der Waals surface area contributed by atoms with Gasteiger partial charge in [-0.05, 0) is 24.9 Å². The first kappa shape index (κ1) is 12.2. The van der Waals surface area contributed by atoms with Gasteiger partial charge in [-0.25, -0.2) is 0 Å². The van der Waals surface area contributed by atoms with Gasteiger partial charge in [0.1, 0.15) is 0 Å². The summed E-state index contributed by atoms with van der Waals surface area (Å²) in [6.07, 6.45) is 0. The summed E-state index contributed by atoms with van der Waals surface area (Å²) in [7, 11) is 0. The SMILES string of the molecule is Cc1nn(Cc2ccccc2)c(C)c1CN=[N+]=[N-]. The Morgan fingerprint density at radius 1 is 1.28 bits per heavy atom. The zero-order chi connectivity index (χ0) is 13.0. The van der Waals surface area contributed by atoms with Gasteiger partial charge in [-0.3, -0.25) is 4.68 Å². The Hall–Kier alpha value is -2.26. The Morgan fingerprint density at radius 3 is 2.67 bits per heavy atom. The van der Waals surface area contributed by atoms with Crippen LogP contribution in [-0.2, 0) is 13.1 Å². The second-order valence-electron chi connectivity index (χ2n) is 4.18. The van der Waals surface area contributed by atoms with Gasteiger partial charge in [-0.1, -0.05) is 35.4 Å². The van der Waals surface area contributed by atoms with Crippen molar-refractivity contribution >= 4 is 0 Å². The average Bonchev–Trinajstić information content (AvgIpc) is 2.64. The van der Waals surface area contributed by atoms with Gasteiger partial charge in [0.25, 0.3) is 0 Å². The largest absolute Gasteiger partial charge is 0.265 e. The van der Waals surface area contributed by atoms with E-state index in [4.69, 9.17) is 5.53 Å². The molecule has 0 atom stereocenters. The second kappa shape index (κ2) is 5.38. The number of nitrogens with zero attached hydrogens (tertiary/aromatic N) is 5. The molecule has 0 N–H and O–H groups in total. The van der Waals surface area contributed by atoms with Crippen LogP contribution in [0.5, 0.6) is 0 Å². The third-order valence-corrected chi connectivity index (χ3v) is 3.00. The molecule has 5 heteroatoms. The van der Waals surface area contributed by atoms with E-state index in [1.807, 2.05) is 36.7 Å². The van der Waals surface area contributed by atoms with E-state index in [0.29, 0.717) is 6.54 Å². The van der Waals surface area contributed by atoms with E-state index < -0.39 is 0 Å². The van der Waals surface area contributed by atoms with Gasteiger partial charge in [0.15, 0.2) is 0 Å². The zero-order valence-electron chi connectivity index (χ0n) is 10.5. The molecule has 0 spiro atoms. The number of rotatable bonds is 4. The Balaban J connectivity index is 2.27. The molecule has 0 aliphatic carbocycles. The fraction of sp³-hybridized carbons (Fsp3) is 0.308. The lowest BCUT2D eigenvalue weighted by molar-refractivity contribution is 0.658. The molecule has 0 aliphatic heterocycles. The summed E-state index contributed by atoms with van der Waals surface area (Å²) in [5, 5.41) is 8.10. The van der Waals surface area contributed by atoms with E-state index in [1.165, 1.54) is 5.56 Å². The molecule has 92 valence electrons. The van der Waals surface area contributed by atoms with Gasteiger partial charge in [0.05, 0.1) is 18.8 Å². The summed E-state index contributed by atoms with van der Waals surface area (Å²) in [5.41, 5.74) is 12.6. The van der Waals surface area contributed by atoms with Crippen molar-refractivity contribution in [2.24, 2.45) is 5.11 Å². The fourth-order valence-electron chi connectivity index (χ4n) is 1.98. The lowest BCUT2D eigenvalue weighted by atomic mass is 10.2. The van der Waals surface area contributed by atoms with Crippen LogP contribution in [0.2, 0.25) is 0 Å². The molecule has 0 saturated carbocycles. The van der Waals surface area contributed by atoms with E-state index in [2.05, 4.69) is 27.3 Å². The normalized spacial score (nSPS) is 10.1. The molecule has 18 heavy (non-hydrogen) atoms. The minimum atomic E-state index is 0.364. The van der Waals surface area contributed by atoms with Crippen molar-refractivity contribution in [2.75, 3.05) is 0 Å². The van der Waals surface area contributed by atoms with E-state index in [9.17, 15) is 0 Å². The van der Waals surface area contributed by atoms with Crippen LogP contribution in [0, 0.1) is 13.8 Å². The van der Waals surface area contributed by atoms with Crippen LogP contribution >= 0.6 is 0 Å². The van der Waals surface area contributed by atoms with Crippen LogP contribution in [-0.4, -0.2) is 9.78 Å². The highest BCUT2D eigenvalue weighted by atomic mass is 15.3. The van der Waals surface area contributed by atoms with E-state index in [-0.39, 0.29) is 0 Å². The standard InChI is InChI=1S/C13H15N5/c1-10-13(8-15-17-14)11(2)18(16-10)9-12-6-4-3-5-7-12/h3-7H,8-9H2,1-2H3. The third-order valence-electron chi connectivity index (χ3n) is 3.00. The lowest BCUT2D eigenvalue weighted by Crippen LogP contribution is -2.04. The number of aromatic nitrogens is 2. The van der Waals surface area contributed by atoms with Gasteiger partial charge in [0, 0.05) is 16.2 Å². The molecule has 5 nitrogen and oxygen atoms in total. The van der Waals surface area contributed by atoms with Crippen molar-refractivity contribution in [1.29, 1.82) is 0 Å². The Morgan fingerprint density at radius 2 is 2.00 bits per heavy atom. The Bertz CT molecular complexity index is 579. The maximum Gasteiger partial charge on any atom is 0.0662 e. The van der Waals surface area contributed by atoms with Crippen molar-refractivity contribution in [3.05, 3.63) is 63.3 Å². The molecule has 0 bridgehead atoms. The molecule has 2 aromatic rings. The summed E-state index contributed by atoms with van der Waals surface area (Å²) >= 11 is 0. The van der Waals surface area contributed by atoms with Crippen LogP contribution in [0.15, 0.2) is 35.4 Å². The zero-order valence-corrected chi connectivity index (χ0v) is 10.5. The summed E-state index contributed by atoms with van der Waals surface area (Å²) in [5.74, 6) is 0. The van der Waals surface area contributed by atoms with Crippen LogP contribution < -0.4 is 0 Å². The molecule has 2 rings (SSSR count). The highest BCUT2D eigenvalue weighted by molar-refractivity contribution is 5.26. The lowest BCUT2D eigenvalue weighted by Gasteiger charge is -2.04. The van der Waals surface area contributed by atoms with Crippen LogP contribution in [0.1, 0.15) is 22.5 Å². The third kappa shape index (κ3) is 2.52. The highest BCUT2D eigenvalue weighted by Gasteiger charge is 2.10. The number of aryl methyl sites for hydroxylation is 1. The quantitative estimate of drug-likeness (QED) is 0.459. The molecule has 0 radical (unpaired) electrons. The number of hydrogen-bond donors (Lipinski definition) is 0. The molecule has 1 heterocycles. The van der Waals surface area contributed by atoms with E-state index in [0.717, 1.165) is 23.5 Å². The molecule has 0 fully saturated rings. The maximum absolute atomic E-state index is 8.38. The average molecular weight is 241 g/mol. The van der Waals surface area contributed by atoms with E-state index in [1.54, 1.807) is 0 Å². The van der Waals surface area contributed by atoms with Crippen molar-refractivity contribution in [1.82, 2.24) is 9.78 Å². The summed E-state index contributed by atoms with van der Waals surface area (Å²) in [4.78, 5) is 2.79. The van der Waals surface area contributed by atoms with Gasteiger partial charge >= 0.3 is 0 Å². The monoisotopic (exact) mass is 241 g/mol. The second-order valence-corrected chi connectivity index (χ2v) is 4.18. The van der Waals surface area contributed by atoms with E-state index >= 15 is 0 Å². The summed E-state index contributed by atoms with van der Waals surface area (Å²) in [6, 6.07) is 10.2. The van der Waals surface area contributed by atoms with Gasteiger partial charge in [0.2, 0.25) is 0 Å². The van der Waals surface area contributed by atoms with Gasteiger partial charge < -0.3 is 0 Å². The molecule has 0 aliphatic rings. The smallest absolute Gasteiger partial charge is 0.0662 e. The molecule has 1 aromatic carbocycles. The van der Waals surface area contributed by atoms with Gasteiger partial charge in [-0.2, -0.15) is 5.10 Å². The minimum Gasteiger partial charge on any atom is -0.265 e. The summed E-state index contributed by atoms with van der Waals surface area (Å²) < 4.78 is 1.95. The molecule has 0 saturated heterocycles. The summed E-state index contributed by atoms with van der Waals surface area (Å²) in [6.45, 7) is 5.05. The Labute approximate surface area is 106 Å². The predicted octanol–water partition coefficient (Wildman–Crippen LogP) is 3.36. The molecule has 0 unspecified atom stereocenters. The number of hydrogen-bond acceptors (Lipinski definition) is 2. The highest BCUT2D eigenvalue weighted by Crippen LogP contribution is 2.15. The van der Waals surface area contributed by atoms with Crippen LogP contribution in [0.3, 0.4) is 0 Å². The van der Waals surface area contributed by atoms with Crippen molar-refractivity contribution in [3.8, 4) is 0 Å². The van der Waals surface area contributed by atoms with Gasteiger partial charge in [-0.15, -0.1) is 0 Å².